The van der Waals surface area contributed by atoms with E-state index in [1.165, 1.54) is 0 Å². The van der Waals surface area contributed by atoms with E-state index in [1.807, 2.05) is 12.1 Å². The van der Waals surface area contributed by atoms with Gasteiger partial charge in [-0.25, -0.2) is 0 Å². The Kier molecular flexibility index (Phi) is 3.11. The lowest BCUT2D eigenvalue weighted by Gasteiger charge is -2.11. The summed E-state index contributed by atoms with van der Waals surface area (Å²) in [6.45, 7) is 0.621. The first-order valence-electron chi connectivity index (χ1n) is 7.43. The molecule has 114 valence electrons. The van der Waals surface area contributed by atoms with E-state index >= 15 is 0 Å². The molecule has 4 rings (SSSR count). The Morgan fingerprint density at radius 3 is 3.05 bits per heavy atom. The number of carbonyl (C=O) groups excluding carboxylic acids is 1. The normalized spacial score (nSPS) is 16.3. The highest BCUT2D eigenvalue weighted by atomic mass is 35.5. The van der Waals surface area contributed by atoms with Crippen LogP contribution in [-0.2, 0) is 13.5 Å². The van der Waals surface area contributed by atoms with Gasteiger partial charge >= 0.3 is 0 Å². The van der Waals surface area contributed by atoms with Crippen molar-refractivity contribution in [3.05, 3.63) is 40.2 Å². The lowest BCUT2D eigenvalue weighted by Crippen LogP contribution is -2.17. The molecule has 1 aliphatic carbocycles. The van der Waals surface area contributed by atoms with Gasteiger partial charge in [0, 0.05) is 24.9 Å². The molecular formula is C16H16ClN3O2. The summed E-state index contributed by atoms with van der Waals surface area (Å²) in [6, 6.07) is 5.47. The quantitative estimate of drug-likeness (QED) is 0.946. The number of anilines is 1. The molecular weight excluding hydrogens is 302 g/mol. The maximum Gasteiger partial charge on any atom is 0.273 e. The molecule has 2 heterocycles. The second kappa shape index (κ2) is 5.02. The Hall–Kier alpha value is -2.01. The molecule has 1 N–H and O–H groups in total. The summed E-state index contributed by atoms with van der Waals surface area (Å²) >= 11 is 6.25. The number of nitrogens with zero attached hydrogens (tertiary/aromatic N) is 2. The summed E-state index contributed by atoms with van der Waals surface area (Å²) in [6.07, 6.45) is 3.07. The molecule has 0 bridgehead atoms. The lowest BCUT2D eigenvalue weighted by molar-refractivity contribution is 0.101. The number of aryl methyl sites for hydroxylation is 1. The van der Waals surface area contributed by atoms with Crippen molar-refractivity contribution in [3.8, 4) is 5.75 Å². The Morgan fingerprint density at radius 1 is 1.45 bits per heavy atom. The van der Waals surface area contributed by atoms with Crippen LogP contribution in [0.5, 0.6) is 5.75 Å². The van der Waals surface area contributed by atoms with Gasteiger partial charge in [-0.15, -0.1) is 0 Å². The molecule has 2 aliphatic rings. The standard InChI is InChI=1S/C16H16ClN3O2/c1-20-13(8-12(19-20)9-2-3-9)16(21)18-15-10-6-7-22-14(10)5-4-11(15)17/h4-5,8-9H,2-3,6-7H2,1H3,(H,18,21). The van der Waals surface area contributed by atoms with E-state index in [9.17, 15) is 4.79 Å². The van der Waals surface area contributed by atoms with Crippen molar-refractivity contribution < 1.29 is 9.53 Å². The van der Waals surface area contributed by atoms with E-state index in [0.717, 1.165) is 36.3 Å². The Morgan fingerprint density at radius 2 is 2.27 bits per heavy atom. The largest absolute Gasteiger partial charge is 0.493 e. The molecule has 6 heteroatoms. The SMILES string of the molecule is Cn1nc(C2CC2)cc1C(=O)Nc1c(Cl)ccc2c1CCO2. The Bertz CT molecular complexity index is 765. The average molecular weight is 318 g/mol. The first-order valence-corrected chi connectivity index (χ1v) is 7.81. The van der Waals surface area contributed by atoms with Gasteiger partial charge in [-0.1, -0.05) is 11.6 Å². The van der Waals surface area contributed by atoms with E-state index in [-0.39, 0.29) is 5.91 Å². The summed E-state index contributed by atoms with van der Waals surface area (Å²) in [4.78, 5) is 12.6. The number of amides is 1. The number of fused-ring (bicyclic) bond motifs is 1. The molecule has 0 saturated heterocycles. The number of rotatable bonds is 3. The third-order valence-corrected chi connectivity index (χ3v) is 4.51. The van der Waals surface area contributed by atoms with E-state index in [1.54, 1.807) is 17.8 Å². The fraction of sp³-hybridized carbons (Fsp3) is 0.375. The van der Waals surface area contributed by atoms with Crippen molar-refractivity contribution >= 4 is 23.2 Å². The van der Waals surface area contributed by atoms with Crippen LogP contribution in [0.3, 0.4) is 0 Å². The molecule has 0 atom stereocenters. The van der Waals surface area contributed by atoms with E-state index in [0.29, 0.717) is 28.9 Å². The lowest BCUT2D eigenvalue weighted by atomic mass is 10.1. The summed E-state index contributed by atoms with van der Waals surface area (Å²) in [5, 5.41) is 7.89. The number of carbonyl (C=O) groups is 1. The summed E-state index contributed by atoms with van der Waals surface area (Å²) in [5.41, 5.74) is 3.16. The first kappa shape index (κ1) is 13.6. The van der Waals surface area contributed by atoms with Crippen LogP contribution in [0.4, 0.5) is 5.69 Å². The van der Waals surface area contributed by atoms with Crippen molar-refractivity contribution in [1.29, 1.82) is 0 Å². The van der Waals surface area contributed by atoms with Gasteiger partial charge in [0.15, 0.2) is 0 Å². The summed E-state index contributed by atoms with van der Waals surface area (Å²) < 4.78 is 7.16. The molecule has 1 amide bonds. The number of hydrogen-bond donors (Lipinski definition) is 1. The van der Waals surface area contributed by atoms with E-state index < -0.39 is 0 Å². The predicted molar refractivity (Wildman–Crippen MR) is 83.8 cm³/mol. The number of hydrogen-bond acceptors (Lipinski definition) is 3. The van der Waals surface area contributed by atoms with Gasteiger partial charge < -0.3 is 10.1 Å². The predicted octanol–water partition coefficient (Wildman–Crippen LogP) is 3.14. The van der Waals surface area contributed by atoms with Crippen LogP contribution in [-0.4, -0.2) is 22.3 Å². The highest BCUT2D eigenvalue weighted by Gasteiger charge is 2.28. The van der Waals surface area contributed by atoms with Crippen LogP contribution in [0.2, 0.25) is 5.02 Å². The molecule has 1 fully saturated rings. The fourth-order valence-electron chi connectivity index (χ4n) is 2.84. The van der Waals surface area contributed by atoms with Crippen LogP contribution in [0.25, 0.3) is 0 Å². The van der Waals surface area contributed by atoms with Crippen LogP contribution < -0.4 is 10.1 Å². The van der Waals surface area contributed by atoms with Gasteiger partial charge in [0.05, 0.1) is 23.0 Å². The zero-order valence-corrected chi connectivity index (χ0v) is 13.0. The average Bonchev–Trinajstić information content (AvgIpc) is 3.10. The molecule has 22 heavy (non-hydrogen) atoms. The number of benzene rings is 1. The first-order chi connectivity index (χ1) is 10.6. The van der Waals surface area contributed by atoms with Crippen LogP contribution in [0, 0.1) is 0 Å². The second-order valence-electron chi connectivity index (χ2n) is 5.80. The van der Waals surface area contributed by atoms with Crippen molar-refractivity contribution in [2.24, 2.45) is 7.05 Å². The van der Waals surface area contributed by atoms with Gasteiger partial charge in [0.1, 0.15) is 11.4 Å². The number of nitrogens with one attached hydrogen (secondary N) is 1. The van der Waals surface area contributed by atoms with Crippen molar-refractivity contribution in [2.45, 2.75) is 25.2 Å². The van der Waals surface area contributed by atoms with E-state index in [4.69, 9.17) is 16.3 Å². The minimum Gasteiger partial charge on any atom is -0.493 e. The molecule has 2 aromatic rings. The Balaban J connectivity index is 1.64. The molecule has 1 aromatic heterocycles. The number of aromatic nitrogens is 2. The highest BCUT2D eigenvalue weighted by Crippen LogP contribution is 2.40. The van der Waals surface area contributed by atoms with Gasteiger partial charge in [-0.3, -0.25) is 9.48 Å². The topological polar surface area (TPSA) is 56.2 Å². The summed E-state index contributed by atoms with van der Waals surface area (Å²) in [7, 11) is 1.79. The smallest absolute Gasteiger partial charge is 0.273 e. The van der Waals surface area contributed by atoms with Gasteiger partial charge in [0.2, 0.25) is 0 Å². The molecule has 0 radical (unpaired) electrons. The third-order valence-electron chi connectivity index (χ3n) is 4.19. The molecule has 5 nitrogen and oxygen atoms in total. The minimum atomic E-state index is -0.191. The highest BCUT2D eigenvalue weighted by molar-refractivity contribution is 6.34. The van der Waals surface area contributed by atoms with Gasteiger partial charge in [-0.2, -0.15) is 5.10 Å². The summed E-state index contributed by atoms with van der Waals surface area (Å²) in [5.74, 6) is 1.12. The monoisotopic (exact) mass is 317 g/mol. The van der Waals surface area contributed by atoms with Gasteiger partial charge in [-0.05, 0) is 31.0 Å². The number of halogens is 1. The maximum atomic E-state index is 12.6. The molecule has 1 aromatic carbocycles. The minimum absolute atomic E-state index is 0.191. The zero-order valence-electron chi connectivity index (χ0n) is 12.2. The maximum absolute atomic E-state index is 12.6. The molecule has 0 unspecified atom stereocenters. The third kappa shape index (κ3) is 2.25. The Labute approximate surface area is 133 Å². The van der Waals surface area contributed by atoms with Crippen molar-refractivity contribution in [2.75, 3.05) is 11.9 Å². The molecule has 0 spiro atoms. The zero-order chi connectivity index (χ0) is 15.3. The van der Waals surface area contributed by atoms with Gasteiger partial charge in [0.25, 0.3) is 5.91 Å². The number of ether oxygens (including phenoxy) is 1. The fourth-order valence-corrected chi connectivity index (χ4v) is 3.06. The second-order valence-corrected chi connectivity index (χ2v) is 6.21. The van der Waals surface area contributed by atoms with Crippen molar-refractivity contribution in [1.82, 2.24) is 9.78 Å². The van der Waals surface area contributed by atoms with Crippen LogP contribution in [0.15, 0.2) is 18.2 Å². The molecule has 1 aliphatic heterocycles. The van der Waals surface area contributed by atoms with Crippen LogP contribution >= 0.6 is 11.6 Å². The van der Waals surface area contributed by atoms with Crippen molar-refractivity contribution in [3.63, 3.8) is 0 Å². The molecule has 1 saturated carbocycles. The van der Waals surface area contributed by atoms with Crippen LogP contribution in [0.1, 0.15) is 40.5 Å². The van der Waals surface area contributed by atoms with E-state index in [2.05, 4.69) is 10.4 Å².